The topological polar surface area (TPSA) is 46.2 Å². The first kappa shape index (κ1) is 16.5. The lowest BCUT2D eigenvalue weighted by Crippen LogP contribution is -2.36. The Morgan fingerprint density at radius 3 is 2.50 bits per heavy atom. The van der Waals surface area contributed by atoms with Crippen LogP contribution in [0.5, 0.6) is 0 Å². The maximum atomic E-state index is 12.2. The predicted molar refractivity (Wildman–Crippen MR) is 84.6 cm³/mol. The summed E-state index contributed by atoms with van der Waals surface area (Å²) < 4.78 is 28.2. The smallest absolute Gasteiger partial charge is 0.210 e. The summed E-state index contributed by atoms with van der Waals surface area (Å²) in [6.07, 6.45) is 1.96. The van der Waals surface area contributed by atoms with Crippen LogP contribution < -0.4 is 4.72 Å². The van der Waals surface area contributed by atoms with E-state index in [9.17, 15) is 8.42 Å². The molecule has 1 rings (SSSR count). The highest BCUT2D eigenvalue weighted by Gasteiger charge is 2.23. The standard InChI is InChI=1S/C11H15Br2NO2S2/c1-11(2,17-3)7-14-18(15,16)10-6-8(12)4-5-9(10)13/h4-6,14H,7H2,1-3H3. The Bertz CT molecular complexity index is 530. The van der Waals surface area contributed by atoms with E-state index in [-0.39, 0.29) is 9.64 Å². The van der Waals surface area contributed by atoms with Gasteiger partial charge in [-0.05, 0) is 54.2 Å². The SMILES string of the molecule is CSC(C)(C)CNS(=O)(=O)c1cc(Br)ccc1Br. The summed E-state index contributed by atoms with van der Waals surface area (Å²) in [5.41, 5.74) is 0. The molecule has 0 bridgehead atoms. The van der Waals surface area contributed by atoms with Crippen molar-refractivity contribution in [1.82, 2.24) is 4.72 Å². The number of hydrogen-bond donors (Lipinski definition) is 1. The van der Waals surface area contributed by atoms with Gasteiger partial charge in [-0.1, -0.05) is 15.9 Å². The van der Waals surface area contributed by atoms with Crippen molar-refractivity contribution in [2.45, 2.75) is 23.5 Å². The zero-order valence-corrected chi connectivity index (χ0v) is 15.1. The van der Waals surface area contributed by atoms with Crippen molar-refractivity contribution in [3.63, 3.8) is 0 Å². The van der Waals surface area contributed by atoms with Gasteiger partial charge in [-0.3, -0.25) is 0 Å². The van der Waals surface area contributed by atoms with Crippen molar-refractivity contribution in [3.8, 4) is 0 Å². The molecule has 0 unspecified atom stereocenters. The average Bonchev–Trinajstić information content (AvgIpc) is 2.30. The molecule has 0 saturated carbocycles. The predicted octanol–water partition coefficient (Wildman–Crippen LogP) is 3.63. The van der Waals surface area contributed by atoms with E-state index >= 15 is 0 Å². The van der Waals surface area contributed by atoms with Gasteiger partial charge in [0.15, 0.2) is 0 Å². The third kappa shape index (κ3) is 4.52. The molecule has 0 atom stereocenters. The van der Waals surface area contributed by atoms with Gasteiger partial charge in [-0.2, -0.15) is 11.8 Å². The summed E-state index contributed by atoms with van der Waals surface area (Å²) in [5, 5.41) is 0. The number of halogens is 2. The second kappa shape index (κ2) is 6.26. The van der Waals surface area contributed by atoms with E-state index in [0.717, 1.165) is 4.47 Å². The van der Waals surface area contributed by atoms with Gasteiger partial charge in [0.2, 0.25) is 10.0 Å². The average molecular weight is 417 g/mol. The van der Waals surface area contributed by atoms with Crippen molar-refractivity contribution in [3.05, 3.63) is 27.1 Å². The molecule has 0 heterocycles. The van der Waals surface area contributed by atoms with Gasteiger partial charge in [0, 0.05) is 20.2 Å². The minimum absolute atomic E-state index is 0.133. The number of hydrogen-bond acceptors (Lipinski definition) is 3. The third-order valence-electron chi connectivity index (χ3n) is 2.42. The molecular formula is C11H15Br2NO2S2. The quantitative estimate of drug-likeness (QED) is 0.796. The summed E-state index contributed by atoms with van der Waals surface area (Å²) >= 11 is 8.16. The molecule has 1 N–H and O–H groups in total. The van der Waals surface area contributed by atoms with E-state index < -0.39 is 10.0 Å². The Morgan fingerprint density at radius 1 is 1.33 bits per heavy atom. The van der Waals surface area contributed by atoms with Crippen LogP contribution in [0.15, 0.2) is 32.0 Å². The van der Waals surface area contributed by atoms with Gasteiger partial charge < -0.3 is 0 Å². The van der Waals surface area contributed by atoms with Gasteiger partial charge >= 0.3 is 0 Å². The third-order valence-corrected chi connectivity index (χ3v) is 6.56. The van der Waals surface area contributed by atoms with Crippen LogP contribution in [0.3, 0.4) is 0 Å². The van der Waals surface area contributed by atoms with Gasteiger partial charge in [-0.25, -0.2) is 13.1 Å². The maximum Gasteiger partial charge on any atom is 0.241 e. The van der Waals surface area contributed by atoms with Crippen molar-refractivity contribution in [2.75, 3.05) is 12.8 Å². The molecule has 1 aromatic rings. The number of rotatable bonds is 5. The molecule has 0 saturated heterocycles. The van der Waals surface area contributed by atoms with E-state index in [1.165, 1.54) is 0 Å². The van der Waals surface area contributed by atoms with Crippen molar-refractivity contribution < 1.29 is 8.42 Å². The lowest BCUT2D eigenvalue weighted by atomic mass is 10.2. The van der Waals surface area contributed by atoms with E-state index in [1.807, 2.05) is 20.1 Å². The molecule has 0 aliphatic rings. The zero-order chi connectivity index (χ0) is 14.0. The van der Waals surface area contributed by atoms with Crippen LogP contribution in [0.4, 0.5) is 0 Å². The molecule has 0 radical (unpaired) electrons. The van der Waals surface area contributed by atoms with E-state index in [1.54, 1.807) is 30.0 Å². The fraction of sp³-hybridized carbons (Fsp3) is 0.455. The Hall–Kier alpha value is 0.440. The minimum atomic E-state index is -3.50. The monoisotopic (exact) mass is 415 g/mol. The van der Waals surface area contributed by atoms with Crippen LogP contribution in [0, 0.1) is 0 Å². The molecule has 0 fully saturated rings. The summed E-state index contributed by atoms with van der Waals surface area (Å²) in [5.74, 6) is 0. The number of thioether (sulfide) groups is 1. The first-order valence-electron chi connectivity index (χ1n) is 5.18. The fourth-order valence-corrected chi connectivity index (χ4v) is 4.12. The van der Waals surface area contributed by atoms with Crippen LogP contribution in [-0.2, 0) is 10.0 Å². The summed E-state index contributed by atoms with van der Waals surface area (Å²) in [6.45, 7) is 4.38. The molecule has 3 nitrogen and oxygen atoms in total. The molecule has 0 spiro atoms. The van der Waals surface area contributed by atoms with Crippen LogP contribution >= 0.6 is 43.6 Å². The normalized spacial score (nSPS) is 12.7. The summed E-state index contributed by atoms with van der Waals surface area (Å²) in [7, 11) is -3.50. The number of nitrogens with one attached hydrogen (secondary N) is 1. The lowest BCUT2D eigenvalue weighted by molar-refractivity contribution is 0.570. The highest BCUT2D eigenvalue weighted by molar-refractivity contribution is 9.11. The lowest BCUT2D eigenvalue weighted by Gasteiger charge is -2.22. The van der Waals surface area contributed by atoms with Crippen LogP contribution in [-0.4, -0.2) is 26.0 Å². The summed E-state index contributed by atoms with van der Waals surface area (Å²) in [6, 6.07) is 5.08. The highest BCUT2D eigenvalue weighted by Crippen LogP contribution is 2.26. The Labute approximate surface area is 129 Å². The first-order chi connectivity index (χ1) is 8.18. The maximum absolute atomic E-state index is 12.2. The Morgan fingerprint density at radius 2 is 1.94 bits per heavy atom. The van der Waals surface area contributed by atoms with E-state index in [2.05, 4.69) is 36.6 Å². The molecule has 0 amide bonds. The van der Waals surface area contributed by atoms with Gasteiger partial charge in [0.1, 0.15) is 0 Å². The molecule has 0 aliphatic carbocycles. The first-order valence-corrected chi connectivity index (χ1v) is 9.47. The van der Waals surface area contributed by atoms with Gasteiger partial charge in [0.05, 0.1) is 4.90 Å². The fourth-order valence-electron chi connectivity index (χ4n) is 1.10. The Balaban J connectivity index is 2.97. The molecule has 0 aromatic heterocycles. The highest BCUT2D eigenvalue weighted by atomic mass is 79.9. The molecule has 18 heavy (non-hydrogen) atoms. The number of benzene rings is 1. The van der Waals surface area contributed by atoms with Crippen molar-refractivity contribution >= 4 is 53.6 Å². The molecule has 1 aromatic carbocycles. The van der Waals surface area contributed by atoms with E-state index in [4.69, 9.17) is 0 Å². The zero-order valence-electron chi connectivity index (χ0n) is 10.3. The van der Waals surface area contributed by atoms with Crippen LogP contribution in [0.25, 0.3) is 0 Å². The van der Waals surface area contributed by atoms with E-state index in [0.29, 0.717) is 11.0 Å². The van der Waals surface area contributed by atoms with Crippen molar-refractivity contribution in [2.24, 2.45) is 0 Å². The van der Waals surface area contributed by atoms with Crippen molar-refractivity contribution in [1.29, 1.82) is 0 Å². The van der Waals surface area contributed by atoms with Gasteiger partial charge in [0.25, 0.3) is 0 Å². The van der Waals surface area contributed by atoms with Crippen LogP contribution in [0.2, 0.25) is 0 Å². The largest absolute Gasteiger partial charge is 0.241 e. The summed E-state index contributed by atoms with van der Waals surface area (Å²) in [4.78, 5) is 0.244. The van der Waals surface area contributed by atoms with Crippen LogP contribution in [0.1, 0.15) is 13.8 Å². The molecule has 102 valence electrons. The molecular weight excluding hydrogens is 402 g/mol. The minimum Gasteiger partial charge on any atom is -0.210 e. The Kier molecular flexibility index (Phi) is 5.74. The molecule has 7 heteroatoms. The number of sulfonamides is 1. The second-order valence-corrected chi connectivity index (χ2v) is 9.38. The second-order valence-electron chi connectivity index (χ2n) is 4.36. The molecule has 0 aliphatic heterocycles. The van der Waals surface area contributed by atoms with Gasteiger partial charge in [-0.15, -0.1) is 0 Å².